The van der Waals surface area contributed by atoms with E-state index in [9.17, 15) is 8.42 Å². The van der Waals surface area contributed by atoms with Crippen LogP contribution in [0.5, 0.6) is 0 Å². The number of benzene rings is 1. The molecule has 7 heteroatoms. The molecule has 0 N–H and O–H groups in total. The Morgan fingerprint density at radius 1 is 1.32 bits per heavy atom. The Kier molecular flexibility index (Phi) is 4.11. The van der Waals surface area contributed by atoms with Crippen molar-refractivity contribution in [1.82, 2.24) is 9.78 Å². The predicted molar refractivity (Wildman–Crippen MR) is 75.0 cm³/mol. The highest BCUT2D eigenvalue weighted by atomic mass is 35.5. The molecule has 1 aromatic carbocycles. The molecule has 0 fully saturated rings. The Morgan fingerprint density at radius 2 is 2.00 bits per heavy atom. The van der Waals surface area contributed by atoms with Crippen molar-refractivity contribution in [2.75, 3.05) is 17.2 Å². The SMILES string of the molecule is CN(c1ccccc1)S(=O)(=O)c1cnn(CCCl)c1. The van der Waals surface area contributed by atoms with Crippen LogP contribution in [0.3, 0.4) is 0 Å². The second-order valence-electron chi connectivity index (χ2n) is 3.94. The number of anilines is 1. The number of alkyl halides is 1. The number of nitrogens with zero attached hydrogens (tertiary/aromatic N) is 3. The summed E-state index contributed by atoms with van der Waals surface area (Å²) in [5.74, 6) is 0.385. The monoisotopic (exact) mass is 299 g/mol. The zero-order valence-corrected chi connectivity index (χ0v) is 12.0. The van der Waals surface area contributed by atoms with Crippen molar-refractivity contribution in [1.29, 1.82) is 0 Å². The molecule has 0 atom stereocenters. The second kappa shape index (κ2) is 5.63. The molecule has 0 saturated heterocycles. The first-order chi connectivity index (χ1) is 9.05. The third kappa shape index (κ3) is 2.90. The summed E-state index contributed by atoms with van der Waals surface area (Å²) < 4.78 is 27.5. The average Bonchev–Trinajstić information content (AvgIpc) is 2.89. The van der Waals surface area contributed by atoms with Gasteiger partial charge in [0.25, 0.3) is 10.0 Å². The van der Waals surface area contributed by atoms with Gasteiger partial charge in [0.1, 0.15) is 4.90 Å². The van der Waals surface area contributed by atoms with Crippen molar-refractivity contribution in [3.05, 3.63) is 42.7 Å². The van der Waals surface area contributed by atoms with Gasteiger partial charge in [0.15, 0.2) is 0 Å². The van der Waals surface area contributed by atoms with E-state index in [2.05, 4.69) is 5.10 Å². The largest absolute Gasteiger partial charge is 0.270 e. The van der Waals surface area contributed by atoms with E-state index in [4.69, 9.17) is 11.6 Å². The van der Waals surface area contributed by atoms with Gasteiger partial charge in [0.05, 0.1) is 18.4 Å². The van der Waals surface area contributed by atoms with Crippen molar-refractivity contribution in [2.45, 2.75) is 11.4 Å². The quantitative estimate of drug-likeness (QED) is 0.793. The van der Waals surface area contributed by atoms with Gasteiger partial charge in [-0.15, -0.1) is 11.6 Å². The van der Waals surface area contributed by atoms with Gasteiger partial charge in [0.2, 0.25) is 0 Å². The first-order valence-electron chi connectivity index (χ1n) is 5.68. The summed E-state index contributed by atoms with van der Waals surface area (Å²) in [6.45, 7) is 0.478. The zero-order valence-electron chi connectivity index (χ0n) is 10.4. The summed E-state index contributed by atoms with van der Waals surface area (Å²) in [7, 11) is -2.07. The van der Waals surface area contributed by atoms with E-state index >= 15 is 0 Å². The Hall–Kier alpha value is -1.53. The molecule has 0 amide bonds. The number of hydrogen-bond donors (Lipinski definition) is 0. The maximum absolute atomic E-state index is 12.4. The molecular weight excluding hydrogens is 286 g/mol. The van der Waals surface area contributed by atoms with E-state index in [1.807, 2.05) is 6.07 Å². The highest BCUT2D eigenvalue weighted by molar-refractivity contribution is 7.92. The van der Waals surface area contributed by atoms with Crippen LogP contribution in [-0.2, 0) is 16.6 Å². The third-order valence-electron chi connectivity index (χ3n) is 2.70. The zero-order chi connectivity index (χ0) is 13.9. The molecule has 0 spiro atoms. The minimum absolute atomic E-state index is 0.156. The van der Waals surface area contributed by atoms with Crippen molar-refractivity contribution < 1.29 is 8.42 Å². The molecule has 1 heterocycles. The molecule has 0 aliphatic carbocycles. The van der Waals surface area contributed by atoms with Crippen LogP contribution in [0.25, 0.3) is 0 Å². The number of rotatable bonds is 5. The lowest BCUT2D eigenvalue weighted by Crippen LogP contribution is -2.26. The highest BCUT2D eigenvalue weighted by Crippen LogP contribution is 2.20. The first-order valence-corrected chi connectivity index (χ1v) is 7.65. The van der Waals surface area contributed by atoms with Crippen LogP contribution < -0.4 is 4.31 Å². The van der Waals surface area contributed by atoms with Crippen LogP contribution in [0.1, 0.15) is 0 Å². The third-order valence-corrected chi connectivity index (χ3v) is 4.61. The van der Waals surface area contributed by atoms with Crippen molar-refractivity contribution in [3.63, 3.8) is 0 Å². The van der Waals surface area contributed by atoms with E-state index in [1.165, 1.54) is 28.4 Å². The summed E-state index contributed by atoms with van der Waals surface area (Å²) in [5, 5.41) is 3.97. The summed E-state index contributed by atoms with van der Waals surface area (Å²) in [6, 6.07) is 8.89. The lowest BCUT2D eigenvalue weighted by atomic mass is 10.3. The smallest absolute Gasteiger partial charge is 0.267 e. The Labute approximate surface area is 117 Å². The number of aryl methyl sites for hydroxylation is 1. The fourth-order valence-corrected chi connectivity index (χ4v) is 2.95. The van der Waals surface area contributed by atoms with Gasteiger partial charge < -0.3 is 0 Å². The molecule has 2 rings (SSSR count). The number of sulfonamides is 1. The molecule has 102 valence electrons. The average molecular weight is 300 g/mol. The maximum Gasteiger partial charge on any atom is 0.267 e. The highest BCUT2D eigenvalue weighted by Gasteiger charge is 2.22. The van der Waals surface area contributed by atoms with Gasteiger partial charge in [0, 0.05) is 19.1 Å². The fraction of sp³-hybridized carbons (Fsp3) is 0.250. The second-order valence-corrected chi connectivity index (χ2v) is 6.28. The number of para-hydroxylation sites is 1. The van der Waals surface area contributed by atoms with Crippen LogP contribution >= 0.6 is 11.6 Å². The minimum Gasteiger partial charge on any atom is -0.270 e. The van der Waals surface area contributed by atoms with Crippen LogP contribution in [-0.4, -0.2) is 31.1 Å². The fourth-order valence-electron chi connectivity index (χ4n) is 1.62. The summed E-state index contributed by atoms with van der Waals surface area (Å²) in [4.78, 5) is 0.156. The molecule has 0 aliphatic rings. The van der Waals surface area contributed by atoms with Gasteiger partial charge >= 0.3 is 0 Å². The van der Waals surface area contributed by atoms with Crippen molar-refractivity contribution in [3.8, 4) is 0 Å². The summed E-state index contributed by atoms with van der Waals surface area (Å²) in [5.41, 5.74) is 0.604. The standard InChI is InChI=1S/C12H14ClN3O2S/c1-15(11-5-3-2-4-6-11)19(17,18)12-9-14-16(10-12)8-7-13/h2-6,9-10H,7-8H2,1H3. The van der Waals surface area contributed by atoms with Gasteiger partial charge in [-0.3, -0.25) is 8.99 Å². The first kappa shape index (κ1) is 13.9. The normalized spacial score (nSPS) is 11.5. The molecule has 0 aliphatic heterocycles. The minimum atomic E-state index is -3.58. The predicted octanol–water partition coefficient (Wildman–Crippen LogP) is 1.95. The summed E-state index contributed by atoms with van der Waals surface area (Å²) in [6.07, 6.45) is 2.82. The van der Waals surface area contributed by atoms with Crippen molar-refractivity contribution >= 4 is 27.3 Å². The molecule has 1 aromatic heterocycles. The molecule has 0 bridgehead atoms. The Bertz CT molecular complexity index is 640. The van der Waals surface area contributed by atoms with Crippen LogP contribution in [0.4, 0.5) is 5.69 Å². The Balaban J connectivity index is 2.31. The molecule has 0 radical (unpaired) electrons. The number of hydrogen-bond acceptors (Lipinski definition) is 3. The van der Waals surface area contributed by atoms with E-state index in [0.29, 0.717) is 18.1 Å². The van der Waals surface area contributed by atoms with Gasteiger partial charge in [-0.25, -0.2) is 8.42 Å². The maximum atomic E-state index is 12.4. The molecule has 0 saturated carbocycles. The lowest BCUT2D eigenvalue weighted by molar-refractivity contribution is 0.594. The molecule has 19 heavy (non-hydrogen) atoms. The van der Waals surface area contributed by atoms with Crippen LogP contribution in [0, 0.1) is 0 Å². The molecule has 5 nitrogen and oxygen atoms in total. The van der Waals surface area contributed by atoms with E-state index < -0.39 is 10.0 Å². The van der Waals surface area contributed by atoms with E-state index in [0.717, 1.165) is 0 Å². The van der Waals surface area contributed by atoms with Gasteiger partial charge in [-0.05, 0) is 12.1 Å². The van der Waals surface area contributed by atoms with Gasteiger partial charge in [-0.1, -0.05) is 18.2 Å². The van der Waals surface area contributed by atoms with Gasteiger partial charge in [-0.2, -0.15) is 5.10 Å². The lowest BCUT2D eigenvalue weighted by Gasteiger charge is -2.18. The van der Waals surface area contributed by atoms with Crippen LogP contribution in [0.15, 0.2) is 47.6 Å². The van der Waals surface area contributed by atoms with E-state index in [1.54, 1.807) is 24.3 Å². The number of halogens is 1. The number of aromatic nitrogens is 2. The molecule has 0 unspecified atom stereocenters. The van der Waals surface area contributed by atoms with E-state index in [-0.39, 0.29) is 4.90 Å². The van der Waals surface area contributed by atoms with Crippen molar-refractivity contribution in [2.24, 2.45) is 0 Å². The molecular formula is C12H14ClN3O2S. The molecule has 2 aromatic rings. The topological polar surface area (TPSA) is 55.2 Å². The summed E-state index contributed by atoms with van der Waals surface area (Å²) >= 11 is 5.60. The Morgan fingerprint density at radius 3 is 2.63 bits per heavy atom. The van der Waals surface area contributed by atoms with Crippen LogP contribution in [0.2, 0.25) is 0 Å².